The van der Waals surface area contributed by atoms with E-state index in [-0.39, 0.29) is 22.5 Å². The third kappa shape index (κ3) is 2.73. The lowest BCUT2D eigenvalue weighted by Crippen LogP contribution is -2.23. The van der Waals surface area contributed by atoms with Crippen molar-refractivity contribution >= 4 is 23.3 Å². The van der Waals surface area contributed by atoms with Gasteiger partial charge in [-0.1, -0.05) is 11.6 Å². The zero-order valence-corrected chi connectivity index (χ0v) is 9.09. The van der Waals surface area contributed by atoms with Crippen LogP contribution in [-0.4, -0.2) is 17.1 Å². The van der Waals surface area contributed by atoms with E-state index in [1.54, 1.807) is 13.8 Å². The monoisotopic (exact) mass is 230 g/mol. The Morgan fingerprint density at radius 3 is 2.67 bits per heavy atom. The highest BCUT2D eigenvalue weighted by Gasteiger charge is 2.17. The molecule has 0 unspecified atom stereocenters. The van der Waals surface area contributed by atoms with Gasteiger partial charge in [0.25, 0.3) is 5.56 Å². The first-order valence-corrected chi connectivity index (χ1v) is 4.69. The van der Waals surface area contributed by atoms with Gasteiger partial charge in [0.1, 0.15) is 10.7 Å². The number of halogens is 1. The van der Waals surface area contributed by atoms with Crippen LogP contribution in [-0.2, 0) is 4.74 Å². The van der Waals surface area contributed by atoms with Crippen molar-refractivity contribution in [2.75, 3.05) is 5.73 Å². The van der Waals surface area contributed by atoms with Crippen molar-refractivity contribution in [1.29, 1.82) is 0 Å². The van der Waals surface area contributed by atoms with E-state index in [1.807, 2.05) is 0 Å². The number of carbonyl (C=O) groups is 1. The third-order valence-electron chi connectivity index (χ3n) is 1.58. The van der Waals surface area contributed by atoms with Crippen molar-refractivity contribution in [2.45, 2.75) is 20.0 Å². The van der Waals surface area contributed by atoms with Gasteiger partial charge in [-0.15, -0.1) is 0 Å². The topological polar surface area (TPSA) is 85.2 Å². The largest absolute Gasteiger partial charge is 0.459 e. The summed E-state index contributed by atoms with van der Waals surface area (Å²) in [5.41, 5.74) is 4.64. The number of nitrogens with two attached hydrogens (primary N) is 1. The van der Waals surface area contributed by atoms with Gasteiger partial charge in [-0.2, -0.15) is 0 Å². The minimum atomic E-state index is -0.750. The fourth-order valence-electron chi connectivity index (χ4n) is 1.03. The van der Waals surface area contributed by atoms with Crippen molar-refractivity contribution in [3.63, 3.8) is 0 Å². The summed E-state index contributed by atoms with van der Waals surface area (Å²) >= 11 is 5.54. The van der Waals surface area contributed by atoms with Crippen molar-refractivity contribution in [3.05, 3.63) is 27.1 Å². The maximum absolute atomic E-state index is 11.4. The molecule has 0 aliphatic rings. The minimum Gasteiger partial charge on any atom is -0.459 e. The molecule has 0 aliphatic carbocycles. The number of hydrogen-bond donors (Lipinski definition) is 2. The van der Waals surface area contributed by atoms with Crippen molar-refractivity contribution < 1.29 is 9.53 Å². The van der Waals surface area contributed by atoms with E-state index >= 15 is 0 Å². The number of esters is 1. The predicted octanol–water partition coefficient (Wildman–Crippen LogP) is 1.18. The van der Waals surface area contributed by atoms with Crippen LogP contribution in [0.5, 0.6) is 0 Å². The molecule has 6 heteroatoms. The van der Waals surface area contributed by atoms with Gasteiger partial charge in [0.2, 0.25) is 0 Å². The highest BCUT2D eigenvalue weighted by atomic mass is 35.5. The molecular formula is C9H11ClN2O3. The number of pyridine rings is 1. The number of rotatable bonds is 2. The van der Waals surface area contributed by atoms with E-state index in [0.717, 1.165) is 0 Å². The van der Waals surface area contributed by atoms with E-state index in [0.29, 0.717) is 0 Å². The Morgan fingerprint density at radius 1 is 1.60 bits per heavy atom. The molecule has 0 spiro atoms. The summed E-state index contributed by atoms with van der Waals surface area (Å²) in [6, 6.07) is 1.29. The number of aromatic nitrogens is 1. The van der Waals surface area contributed by atoms with Crippen LogP contribution in [0.1, 0.15) is 24.2 Å². The maximum atomic E-state index is 11.4. The highest BCUT2D eigenvalue weighted by Crippen LogP contribution is 2.12. The molecule has 1 aromatic rings. The number of nitrogens with one attached hydrogen (secondary N) is 1. The number of H-pyrrole nitrogens is 1. The molecule has 0 atom stereocenters. The normalized spacial score (nSPS) is 10.4. The Hall–Kier alpha value is -1.49. The van der Waals surface area contributed by atoms with Gasteiger partial charge in [-0.05, 0) is 19.9 Å². The number of carbonyl (C=O) groups excluding carboxylic acids is 1. The van der Waals surface area contributed by atoms with Crippen LogP contribution in [0.3, 0.4) is 0 Å². The van der Waals surface area contributed by atoms with Crippen molar-refractivity contribution in [2.24, 2.45) is 0 Å². The van der Waals surface area contributed by atoms with Crippen molar-refractivity contribution in [1.82, 2.24) is 4.98 Å². The lowest BCUT2D eigenvalue weighted by molar-refractivity contribution is 0.0377. The predicted molar refractivity (Wildman–Crippen MR) is 57.0 cm³/mol. The number of hydrogen-bond acceptors (Lipinski definition) is 4. The number of aromatic amines is 1. The Morgan fingerprint density at radius 2 is 2.20 bits per heavy atom. The fourth-order valence-corrected chi connectivity index (χ4v) is 1.23. The Bertz CT molecular complexity index is 439. The second-order valence-electron chi connectivity index (χ2n) is 3.23. The fraction of sp³-hybridized carbons (Fsp3) is 0.333. The van der Waals surface area contributed by atoms with Gasteiger partial charge in [-0.3, -0.25) is 4.79 Å². The molecule has 5 nitrogen and oxygen atoms in total. The van der Waals surface area contributed by atoms with E-state index in [1.165, 1.54) is 6.07 Å². The lowest BCUT2D eigenvalue weighted by atomic mass is 10.2. The summed E-state index contributed by atoms with van der Waals surface area (Å²) in [7, 11) is 0. The van der Waals surface area contributed by atoms with Gasteiger partial charge >= 0.3 is 5.97 Å². The third-order valence-corrected chi connectivity index (χ3v) is 1.78. The first-order valence-electron chi connectivity index (χ1n) is 4.31. The van der Waals surface area contributed by atoms with E-state index in [9.17, 15) is 9.59 Å². The van der Waals surface area contributed by atoms with Gasteiger partial charge in [0.05, 0.1) is 11.8 Å². The molecule has 0 radical (unpaired) electrons. The zero-order chi connectivity index (χ0) is 11.6. The van der Waals surface area contributed by atoms with E-state index < -0.39 is 11.5 Å². The molecule has 0 fully saturated rings. The molecule has 1 aromatic heterocycles. The van der Waals surface area contributed by atoms with Gasteiger partial charge in [0, 0.05) is 0 Å². The minimum absolute atomic E-state index is 0.00870. The maximum Gasteiger partial charge on any atom is 0.346 e. The van der Waals surface area contributed by atoms with Crippen LogP contribution in [0.4, 0.5) is 5.69 Å². The van der Waals surface area contributed by atoms with Crippen molar-refractivity contribution in [3.8, 4) is 0 Å². The molecule has 1 heterocycles. The SMILES string of the molecule is CC(C)OC(=O)c1c(N)cc(Cl)[nH]c1=O. The summed E-state index contributed by atoms with van der Waals surface area (Å²) < 4.78 is 4.86. The summed E-state index contributed by atoms with van der Waals surface area (Å²) in [6.07, 6.45) is -0.313. The molecule has 0 saturated heterocycles. The van der Waals surface area contributed by atoms with Crippen LogP contribution in [0.25, 0.3) is 0 Å². The number of anilines is 1. The molecule has 0 bridgehead atoms. The van der Waals surface area contributed by atoms with E-state index in [4.69, 9.17) is 22.1 Å². The Kier molecular flexibility index (Phi) is 3.36. The summed E-state index contributed by atoms with van der Waals surface area (Å²) in [5, 5.41) is 0.0820. The Labute approximate surface area is 91.2 Å². The molecule has 0 aliphatic heterocycles. The first kappa shape index (κ1) is 11.6. The van der Waals surface area contributed by atoms with Crippen LogP contribution in [0, 0.1) is 0 Å². The summed E-state index contributed by atoms with van der Waals surface area (Å²) in [5.74, 6) is -0.750. The molecule has 15 heavy (non-hydrogen) atoms. The smallest absolute Gasteiger partial charge is 0.346 e. The summed E-state index contributed by atoms with van der Waals surface area (Å²) in [6.45, 7) is 3.36. The lowest BCUT2D eigenvalue weighted by Gasteiger charge is -2.08. The van der Waals surface area contributed by atoms with Crippen LogP contribution >= 0.6 is 11.6 Å². The van der Waals surface area contributed by atoms with Gasteiger partial charge in [-0.25, -0.2) is 4.79 Å². The van der Waals surface area contributed by atoms with E-state index in [2.05, 4.69) is 4.98 Å². The number of nitrogen functional groups attached to an aromatic ring is 1. The van der Waals surface area contributed by atoms with Crippen LogP contribution < -0.4 is 11.3 Å². The average Bonchev–Trinajstić information content (AvgIpc) is 1.99. The van der Waals surface area contributed by atoms with Crippen LogP contribution in [0.2, 0.25) is 5.15 Å². The molecule has 82 valence electrons. The molecule has 3 N–H and O–H groups in total. The molecule has 0 aromatic carbocycles. The van der Waals surface area contributed by atoms with Gasteiger partial charge in [0.15, 0.2) is 0 Å². The molecular weight excluding hydrogens is 220 g/mol. The molecule has 0 amide bonds. The second kappa shape index (κ2) is 4.35. The highest BCUT2D eigenvalue weighted by molar-refractivity contribution is 6.29. The summed E-state index contributed by atoms with van der Waals surface area (Å²) in [4.78, 5) is 25.1. The first-order chi connectivity index (χ1) is 6.91. The standard InChI is InChI=1S/C9H11ClN2O3/c1-4(2)15-9(14)7-5(11)3-6(10)12-8(7)13/h3-4H,1-2H3,(H3,11,12,13). The molecule has 1 rings (SSSR count). The Balaban J connectivity index is 3.15. The number of ether oxygens (including phenoxy) is 1. The van der Waals surface area contributed by atoms with Crippen LogP contribution in [0.15, 0.2) is 10.9 Å². The second-order valence-corrected chi connectivity index (χ2v) is 3.64. The quantitative estimate of drug-likeness (QED) is 0.590. The van der Waals surface area contributed by atoms with Gasteiger partial charge < -0.3 is 15.5 Å². The zero-order valence-electron chi connectivity index (χ0n) is 8.33. The molecule has 0 saturated carbocycles. The average molecular weight is 231 g/mol.